The Labute approximate surface area is 158 Å². The number of rotatable bonds is 8. The Morgan fingerprint density at radius 2 is 1.81 bits per heavy atom. The monoisotopic (exact) mass is 369 g/mol. The van der Waals surface area contributed by atoms with Crippen LogP contribution in [0.3, 0.4) is 0 Å². The van der Waals surface area contributed by atoms with Crippen LogP contribution in [0.15, 0.2) is 42.5 Å². The number of hydrogen-bond donors (Lipinski definition) is 1. The smallest absolute Gasteiger partial charge is 0.231 e. The molecule has 1 aliphatic heterocycles. The van der Waals surface area contributed by atoms with E-state index in [4.69, 9.17) is 14.2 Å². The Kier molecular flexibility index (Phi) is 5.96. The van der Waals surface area contributed by atoms with Crippen LogP contribution in [0.5, 0.6) is 17.2 Å². The van der Waals surface area contributed by atoms with Crippen LogP contribution in [0, 0.1) is 0 Å². The lowest BCUT2D eigenvalue weighted by atomic mass is 10.1. The van der Waals surface area contributed by atoms with Gasteiger partial charge in [0.2, 0.25) is 12.7 Å². The number of hydrogen-bond acceptors (Lipinski definition) is 5. The molecule has 2 aromatic rings. The minimum Gasteiger partial charge on any atom is -0.494 e. The van der Waals surface area contributed by atoms with Gasteiger partial charge in [-0.3, -0.25) is 9.59 Å². The van der Waals surface area contributed by atoms with Gasteiger partial charge in [0.25, 0.3) is 0 Å². The van der Waals surface area contributed by atoms with Gasteiger partial charge in [0.05, 0.1) is 12.6 Å². The summed E-state index contributed by atoms with van der Waals surface area (Å²) in [6.45, 7) is 4.59. The van der Waals surface area contributed by atoms with Crippen molar-refractivity contribution in [3.8, 4) is 17.2 Å². The summed E-state index contributed by atoms with van der Waals surface area (Å²) in [5, 5.41) is 2.91. The maximum absolute atomic E-state index is 12.3. The predicted molar refractivity (Wildman–Crippen MR) is 100 cm³/mol. The molecule has 1 amide bonds. The maximum atomic E-state index is 12.3. The van der Waals surface area contributed by atoms with E-state index in [2.05, 4.69) is 5.32 Å². The zero-order valence-electron chi connectivity index (χ0n) is 15.5. The van der Waals surface area contributed by atoms with E-state index >= 15 is 0 Å². The molecule has 0 aromatic heterocycles. The van der Waals surface area contributed by atoms with Crippen molar-refractivity contribution in [2.75, 3.05) is 13.4 Å². The molecule has 142 valence electrons. The van der Waals surface area contributed by atoms with E-state index in [-0.39, 0.29) is 37.4 Å². The standard InChI is InChI=1S/C21H23NO5/c1-3-25-17-7-4-15(5-8-17)18(23)9-11-21(24)22-14(2)16-6-10-19-20(12-16)27-13-26-19/h4-8,10,12,14H,3,9,11,13H2,1-2H3,(H,22,24)/t14-/m0/s1. The Bertz CT molecular complexity index is 816. The summed E-state index contributed by atoms with van der Waals surface area (Å²) < 4.78 is 16.0. The topological polar surface area (TPSA) is 73.9 Å². The molecule has 1 heterocycles. The summed E-state index contributed by atoms with van der Waals surface area (Å²) in [5.41, 5.74) is 1.50. The first kappa shape index (κ1) is 18.8. The Balaban J connectivity index is 1.49. The van der Waals surface area contributed by atoms with E-state index in [9.17, 15) is 9.59 Å². The maximum Gasteiger partial charge on any atom is 0.231 e. The summed E-state index contributed by atoms with van der Waals surface area (Å²) >= 11 is 0. The normalized spacial score (nSPS) is 13.1. The number of Topliss-reactive ketones (excluding diaryl/α,β-unsaturated/α-hetero) is 1. The van der Waals surface area contributed by atoms with Crippen LogP contribution < -0.4 is 19.5 Å². The number of ether oxygens (including phenoxy) is 3. The van der Waals surface area contributed by atoms with Crippen molar-refractivity contribution in [3.05, 3.63) is 53.6 Å². The Morgan fingerprint density at radius 3 is 2.56 bits per heavy atom. The number of amides is 1. The van der Waals surface area contributed by atoms with Gasteiger partial charge in [-0.15, -0.1) is 0 Å². The van der Waals surface area contributed by atoms with Crippen LogP contribution >= 0.6 is 0 Å². The number of benzene rings is 2. The quantitative estimate of drug-likeness (QED) is 0.719. The molecule has 0 saturated carbocycles. The van der Waals surface area contributed by atoms with Crippen LogP contribution in [0.4, 0.5) is 0 Å². The average molecular weight is 369 g/mol. The van der Waals surface area contributed by atoms with Crippen molar-refractivity contribution < 1.29 is 23.8 Å². The fourth-order valence-electron chi connectivity index (χ4n) is 2.85. The van der Waals surface area contributed by atoms with Gasteiger partial charge in [-0.05, 0) is 55.8 Å². The van der Waals surface area contributed by atoms with Crippen molar-refractivity contribution in [1.29, 1.82) is 0 Å². The van der Waals surface area contributed by atoms with Crippen molar-refractivity contribution >= 4 is 11.7 Å². The highest BCUT2D eigenvalue weighted by atomic mass is 16.7. The summed E-state index contributed by atoms with van der Waals surface area (Å²) in [4.78, 5) is 24.4. The molecular formula is C21H23NO5. The highest BCUT2D eigenvalue weighted by molar-refractivity contribution is 5.98. The molecule has 6 heteroatoms. The summed E-state index contributed by atoms with van der Waals surface area (Å²) in [5.74, 6) is 1.88. The lowest BCUT2D eigenvalue weighted by Crippen LogP contribution is -2.26. The molecule has 0 spiro atoms. The fourth-order valence-corrected chi connectivity index (χ4v) is 2.85. The molecule has 6 nitrogen and oxygen atoms in total. The van der Waals surface area contributed by atoms with Gasteiger partial charge in [0.1, 0.15) is 5.75 Å². The van der Waals surface area contributed by atoms with Gasteiger partial charge in [-0.1, -0.05) is 6.07 Å². The Hall–Kier alpha value is -3.02. The molecule has 2 aromatic carbocycles. The first-order chi connectivity index (χ1) is 13.1. The van der Waals surface area contributed by atoms with Crippen molar-refractivity contribution in [1.82, 2.24) is 5.32 Å². The average Bonchev–Trinajstić information content (AvgIpc) is 3.14. The molecule has 27 heavy (non-hydrogen) atoms. The summed E-state index contributed by atoms with van der Waals surface area (Å²) in [7, 11) is 0. The van der Waals surface area contributed by atoms with Crippen LogP contribution in [0.2, 0.25) is 0 Å². The highest BCUT2D eigenvalue weighted by Gasteiger charge is 2.17. The van der Waals surface area contributed by atoms with E-state index in [1.54, 1.807) is 24.3 Å². The van der Waals surface area contributed by atoms with Gasteiger partial charge in [-0.25, -0.2) is 0 Å². The zero-order chi connectivity index (χ0) is 19.2. The third kappa shape index (κ3) is 4.78. The van der Waals surface area contributed by atoms with Crippen LogP contribution in [0.1, 0.15) is 48.7 Å². The van der Waals surface area contributed by atoms with Gasteiger partial charge < -0.3 is 19.5 Å². The molecule has 1 aliphatic rings. The van der Waals surface area contributed by atoms with Gasteiger partial charge in [0.15, 0.2) is 17.3 Å². The zero-order valence-corrected chi connectivity index (χ0v) is 15.5. The number of carbonyl (C=O) groups is 2. The SMILES string of the molecule is CCOc1ccc(C(=O)CCC(=O)N[C@@H](C)c2ccc3c(c2)OCO3)cc1. The lowest BCUT2D eigenvalue weighted by molar-refractivity contribution is -0.121. The van der Waals surface area contributed by atoms with Crippen molar-refractivity contribution in [2.24, 2.45) is 0 Å². The molecule has 0 bridgehead atoms. The van der Waals surface area contributed by atoms with Gasteiger partial charge in [-0.2, -0.15) is 0 Å². The van der Waals surface area contributed by atoms with E-state index in [1.165, 1.54) is 0 Å². The second-order valence-electron chi connectivity index (χ2n) is 6.28. The van der Waals surface area contributed by atoms with Crippen molar-refractivity contribution in [2.45, 2.75) is 32.7 Å². The molecule has 0 radical (unpaired) electrons. The fraction of sp³-hybridized carbons (Fsp3) is 0.333. The summed E-state index contributed by atoms with van der Waals surface area (Å²) in [6, 6.07) is 12.4. The third-order valence-electron chi connectivity index (χ3n) is 4.34. The molecule has 1 N–H and O–H groups in total. The van der Waals surface area contributed by atoms with Crippen LogP contribution in [-0.4, -0.2) is 25.1 Å². The van der Waals surface area contributed by atoms with E-state index in [0.717, 1.165) is 11.3 Å². The van der Waals surface area contributed by atoms with E-state index in [0.29, 0.717) is 23.7 Å². The number of ketones is 1. The van der Waals surface area contributed by atoms with E-state index in [1.807, 2.05) is 32.0 Å². The Morgan fingerprint density at radius 1 is 1.07 bits per heavy atom. The van der Waals surface area contributed by atoms with Gasteiger partial charge in [0, 0.05) is 18.4 Å². The molecule has 1 atom stereocenters. The molecule has 3 rings (SSSR count). The van der Waals surface area contributed by atoms with Crippen LogP contribution in [0.25, 0.3) is 0 Å². The largest absolute Gasteiger partial charge is 0.494 e. The summed E-state index contributed by atoms with van der Waals surface area (Å²) in [6.07, 6.45) is 0.300. The second-order valence-corrected chi connectivity index (χ2v) is 6.28. The van der Waals surface area contributed by atoms with E-state index < -0.39 is 0 Å². The minimum absolute atomic E-state index is 0.0658. The number of carbonyl (C=O) groups excluding carboxylic acids is 2. The van der Waals surface area contributed by atoms with Gasteiger partial charge >= 0.3 is 0 Å². The number of fused-ring (bicyclic) bond motifs is 1. The third-order valence-corrected chi connectivity index (χ3v) is 4.34. The predicted octanol–water partition coefficient (Wildman–Crippen LogP) is 3.65. The first-order valence-electron chi connectivity index (χ1n) is 9.01. The second kappa shape index (κ2) is 8.58. The highest BCUT2D eigenvalue weighted by Crippen LogP contribution is 2.34. The van der Waals surface area contributed by atoms with Crippen molar-refractivity contribution in [3.63, 3.8) is 0 Å². The molecular weight excluding hydrogens is 346 g/mol. The molecule has 0 aliphatic carbocycles. The van der Waals surface area contributed by atoms with Crippen LogP contribution in [-0.2, 0) is 4.79 Å². The molecule has 0 unspecified atom stereocenters. The minimum atomic E-state index is -0.187. The lowest BCUT2D eigenvalue weighted by Gasteiger charge is -2.14. The molecule has 0 saturated heterocycles. The molecule has 0 fully saturated rings. The number of nitrogens with one attached hydrogen (secondary N) is 1. The first-order valence-corrected chi connectivity index (χ1v) is 9.01.